The summed E-state index contributed by atoms with van der Waals surface area (Å²) in [6.07, 6.45) is 3.96. The number of anilines is 1. The summed E-state index contributed by atoms with van der Waals surface area (Å²) in [5.41, 5.74) is -4.92. The monoisotopic (exact) mass is 442 g/mol. The van der Waals surface area contributed by atoms with E-state index in [0.717, 1.165) is 24.3 Å². The number of nitrogens with zero attached hydrogens (tertiary/aromatic N) is 3. The van der Waals surface area contributed by atoms with Gasteiger partial charge in [-0.2, -0.15) is 13.2 Å². The number of nitrogens with one attached hydrogen (secondary N) is 1. The summed E-state index contributed by atoms with van der Waals surface area (Å²) >= 11 is 6.01. The van der Waals surface area contributed by atoms with Crippen LogP contribution in [0.1, 0.15) is 10.4 Å². The molecule has 3 aromatic rings. The Morgan fingerprint density at radius 2 is 1.62 bits per heavy atom. The van der Waals surface area contributed by atoms with Crippen molar-refractivity contribution in [3.05, 3.63) is 65.6 Å². The van der Waals surface area contributed by atoms with Crippen molar-refractivity contribution < 1.29 is 26.4 Å². The van der Waals surface area contributed by atoms with E-state index >= 15 is 0 Å². The maximum Gasteiger partial charge on any atom is 0.501 e. The van der Waals surface area contributed by atoms with Gasteiger partial charge >= 0.3 is 5.51 Å². The topological polar surface area (TPSA) is 102 Å². The maximum absolute atomic E-state index is 12.5. The fraction of sp³-hybridized carbons (Fsp3) is 0.0588. The van der Waals surface area contributed by atoms with Crippen molar-refractivity contribution in [2.24, 2.45) is 0 Å². The number of carbonyl (C=O) groups excluding carboxylic acids is 1. The van der Waals surface area contributed by atoms with Gasteiger partial charge in [0.2, 0.25) is 0 Å². The van der Waals surface area contributed by atoms with E-state index in [4.69, 9.17) is 11.6 Å². The number of rotatable bonds is 4. The number of hydrogen-bond acceptors (Lipinski definition) is 6. The van der Waals surface area contributed by atoms with Crippen molar-refractivity contribution in [1.29, 1.82) is 0 Å². The molecule has 1 amide bonds. The molecular weight excluding hydrogens is 433 g/mol. The molecule has 0 unspecified atom stereocenters. The SMILES string of the molecule is O=C(Nc1ccc(S(=O)(=O)C(F)(F)F)cc1)c1cnc(-c2ncccc2Cl)nc1. The molecule has 1 N–H and O–H groups in total. The second-order valence-corrected chi connectivity index (χ2v) is 7.91. The molecule has 3 rings (SSSR count). The van der Waals surface area contributed by atoms with Crippen LogP contribution in [0.3, 0.4) is 0 Å². The average molecular weight is 443 g/mol. The molecular formula is C17H10ClF3N4O3S. The first-order valence-corrected chi connectivity index (χ1v) is 9.61. The van der Waals surface area contributed by atoms with Crippen molar-refractivity contribution in [1.82, 2.24) is 15.0 Å². The van der Waals surface area contributed by atoms with Crippen LogP contribution in [-0.2, 0) is 9.84 Å². The average Bonchev–Trinajstić information content (AvgIpc) is 2.68. The van der Waals surface area contributed by atoms with E-state index in [1.165, 1.54) is 18.6 Å². The third-order valence-electron chi connectivity index (χ3n) is 3.61. The number of amides is 1. The van der Waals surface area contributed by atoms with Crippen LogP contribution in [0, 0.1) is 0 Å². The van der Waals surface area contributed by atoms with Gasteiger partial charge in [0.1, 0.15) is 5.69 Å². The van der Waals surface area contributed by atoms with E-state index in [0.29, 0.717) is 10.7 Å². The highest BCUT2D eigenvalue weighted by molar-refractivity contribution is 7.92. The van der Waals surface area contributed by atoms with Crippen LogP contribution in [0.5, 0.6) is 0 Å². The molecule has 2 heterocycles. The number of pyridine rings is 1. The van der Waals surface area contributed by atoms with Gasteiger partial charge in [0.25, 0.3) is 15.7 Å². The zero-order valence-electron chi connectivity index (χ0n) is 14.2. The van der Waals surface area contributed by atoms with Crippen LogP contribution in [0.15, 0.2) is 59.9 Å². The first kappa shape index (κ1) is 20.7. The Kier molecular flexibility index (Phi) is 5.53. The highest BCUT2D eigenvalue weighted by Gasteiger charge is 2.46. The third kappa shape index (κ3) is 4.35. The highest BCUT2D eigenvalue weighted by Crippen LogP contribution is 2.30. The Morgan fingerprint density at radius 1 is 1.00 bits per heavy atom. The predicted octanol–water partition coefficient (Wildman–Crippen LogP) is 3.74. The van der Waals surface area contributed by atoms with Crippen molar-refractivity contribution in [3.8, 4) is 11.5 Å². The summed E-state index contributed by atoms with van der Waals surface area (Å²) in [7, 11) is -5.46. The number of benzene rings is 1. The van der Waals surface area contributed by atoms with Crippen LogP contribution in [0.2, 0.25) is 5.02 Å². The molecule has 0 spiro atoms. The molecule has 0 atom stereocenters. The Labute approximate surface area is 167 Å². The fourth-order valence-electron chi connectivity index (χ4n) is 2.17. The van der Waals surface area contributed by atoms with Gasteiger partial charge in [-0.1, -0.05) is 11.6 Å². The summed E-state index contributed by atoms with van der Waals surface area (Å²) < 4.78 is 60.3. The number of hydrogen-bond donors (Lipinski definition) is 1. The van der Waals surface area contributed by atoms with E-state index in [2.05, 4.69) is 20.3 Å². The standard InChI is InChI=1S/C17H10ClF3N4O3S/c18-13-2-1-7-22-14(13)15-23-8-10(9-24-15)16(26)25-11-3-5-12(6-4-11)29(27,28)17(19,20)21/h1-9H,(H,25,26). The molecule has 0 saturated heterocycles. The lowest BCUT2D eigenvalue weighted by atomic mass is 10.2. The van der Waals surface area contributed by atoms with E-state index in [1.54, 1.807) is 12.1 Å². The number of carbonyl (C=O) groups is 1. The van der Waals surface area contributed by atoms with Gasteiger partial charge in [-0.05, 0) is 36.4 Å². The number of alkyl halides is 3. The minimum Gasteiger partial charge on any atom is -0.322 e. The first-order chi connectivity index (χ1) is 13.6. The van der Waals surface area contributed by atoms with Gasteiger partial charge in [0.05, 0.1) is 15.5 Å². The lowest BCUT2D eigenvalue weighted by Crippen LogP contribution is -2.23. The van der Waals surface area contributed by atoms with Crippen LogP contribution in [-0.4, -0.2) is 34.8 Å². The summed E-state index contributed by atoms with van der Waals surface area (Å²) in [5, 5.41) is 2.74. The third-order valence-corrected chi connectivity index (χ3v) is 5.42. The molecule has 29 heavy (non-hydrogen) atoms. The Bertz CT molecular complexity index is 1150. The number of sulfone groups is 1. The maximum atomic E-state index is 12.5. The lowest BCUT2D eigenvalue weighted by Gasteiger charge is -2.09. The zero-order chi connectivity index (χ0) is 21.2. The van der Waals surface area contributed by atoms with Crippen molar-refractivity contribution in [3.63, 3.8) is 0 Å². The molecule has 0 fully saturated rings. The number of aromatic nitrogens is 3. The molecule has 0 saturated carbocycles. The molecule has 150 valence electrons. The second kappa shape index (κ2) is 7.76. The van der Waals surface area contributed by atoms with Crippen LogP contribution < -0.4 is 5.32 Å². The molecule has 0 aliphatic rings. The van der Waals surface area contributed by atoms with Crippen molar-refractivity contribution >= 4 is 33.0 Å². The van der Waals surface area contributed by atoms with E-state index in [1.807, 2.05) is 0 Å². The molecule has 7 nitrogen and oxygen atoms in total. The van der Waals surface area contributed by atoms with E-state index < -0.39 is 26.1 Å². The highest BCUT2D eigenvalue weighted by atomic mass is 35.5. The van der Waals surface area contributed by atoms with Gasteiger partial charge in [0.15, 0.2) is 5.82 Å². The lowest BCUT2D eigenvalue weighted by molar-refractivity contribution is -0.0436. The van der Waals surface area contributed by atoms with Crippen LogP contribution in [0.4, 0.5) is 18.9 Å². The normalized spacial score (nSPS) is 11.9. The van der Waals surface area contributed by atoms with Crippen LogP contribution >= 0.6 is 11.6 Å². The smallest absolute Gasteiger partial charge is 0.322 e. The molecule has 0 bridgehead atoms. The molecule has 2 aromatic heterocycles. The molecule has 12 heteroatoms. The van der Waals surface area contributed by atoms with Gasteiger partial charge in [-0.25, -0.2) is 18.4 Å². The molecule has 0 aliphatic carbocycles. The molecule has 0 radical (unpaired) electrons. The summed E-state index contributed by atoms with van der Waals surface area (Å²) in [4.78, 5) is 23.4. The second-order valence-electron chi connectivity index (χ2n) is 5.56. The zero-order valence-corrected chi connectivity index (χ0v) is 15.8. The van der Waals surface area contributed by atoms with Crippen molar-refractivity contribution in [2.45, 2.75) is 10.4 Å². The van der Waals surface area contributed by atoms with Crippen molar-refractivity contribution in [2.75, 3.05) is 5.32 Å². The number of halogens is 4. The van der Waals surface area contributed by atoms with Crippen LogP contribution in [0.25, 0.3) is 11.5 Å². The van der Waals surface area contributed by atoms with E-state index in [-0.39, 0.29) is 17.1 Å². The summed E-state index contributed by atoms with van der Waals surface area (Å²) in [6, 6.07) is 6.83. The van der Waals surface area contributed by atoms with E-state index in [9.17, 15) is 26.4 Å². The minimum absolute atomic E-state index is 0.0628. The van der Waals surface area contributed by atoms with Gasteiger partial charge in [-0.15, -0.1) is 0 Å². The Morgan fingerprint density at radius 3 is 2.17 bits per heavy atom. The molecule has 0 aliphatic heterocycles. The summed E-state index contributed by atoms with van der Waals surface area (Å²) in [6.45, 7) is 0. The summed E-state index contributed by atoms with van der Waals surface area (Å²) in [5.74, 6) is -0.441. The fourth-order valence-corrected chi connectivity index (χ4v) is 3.14. The van der Waals surface area contributed by atoms with Gasteiger partial charge in [0, 0.05) is 24.3 Å². The quantitative estimate of drug-likeness (QED) is 0.660. The minimum atomic E-state index is -5.46. The largest absolute Gasteiger partial charge is 0.501 e. The Balaban J connectivity index is 1.75. The predicted molar refractivity (Wildman–Crippen MR) is 97.9 cm³/mol. The molecule has 1 aromatic carbocycles. The first-order valence-electron chi connectivity index (χ1n) is 7.75. The van der Waals surface area contributed by atoms with Gasteiger partial charge < -0.3 is 5.32 Å². The Hall–Kier alpha value is -3.05. The van der Waals surface area contributed by atoms with Gasteiger partial charge in [-0.3, -0.25) is 9.78 Å².